The number of carboxylic acid groups (broad SMARTS) is 1. The highest BCUT2D eigenvalue weighted by atomic mass is 32.2. The Kier molecular flexibility index (Phi) is 8.37. The van der Waals surface area contributed by atoms with Crippen molar-refractivity contribution < 1.29 is 19.4 Å². The van der Waals surface area contributed by atoms with E-state index in [1.807, 2.05) is 50.3 Å². The van der Waals surface area contributed by atoms with Crippen molar-refractivity contribution >= 4 is 35.4 Å². The molecule has 2 rings (SSSR count). The molecule has 0 aromatic heterocycles. The third-order valence-corrected chi connectivity index (χ3v) is 4.58. The van der Waals surface area contributed by atoms with Gasteiger partial charge in [0.2, 0.25) is 5.91 Å². The first-order chi connectivity index (χ1) is 13.5. The molecule has 0 saturated carbocycles. The van der Waals surface area contributed by atoms with E-state index in [0.29, 0.717) is 12.3 Å². The van der Waals surface area contributed by atoms with Crippen molar-refractivity contribution in [2.24, 2.45) is 0 Å². The Balaban J connectivity index is 1.95. The number of carboxylic acids is 1. The van der Waals surface area contributed by atoms with E-state index in [-0.39, 0.29) is 16.6 Å². The standard InChI is InChI=1S/C22H23NO4S/c1-3-27-19-11-9-18(10-12-19)23-21(24)15-28-20(22(25)26)14-16(2)13-17-7-5-4-6-8-17/h4-14H,3,15H2,1-2H3,(H,23,24)(H,25,26)/b16-13+,20-14+. The fraction of sp³-hybridized carbons (Fsp3) is 0.182. The second-order valence-corrected chi connectivity index (χ2v) is 6.92. The summed E-state index contributed by atoms with van der Waals surface area (Å²) in [6, 6.07) is 16.7. The topological polar surface area (TPSA) is 75.6 Å². The maximum atomic E-state index is 12.1. The first kappa shape index (κ1) is 21.3. The Hall–Kier alpha value is -2.99. The largest absolute Gasteiger partial charge is 0.494 e. The Morgan fingerprint density at radius 2 is 1.79 bits per heavy atom. The fourth-order valence-electron chi connectivity index (χ4n) is 2.37. The quantitative estimate of drug-likeness (QED) is 0.468. The van der Waals surface area contributed by atoms with E-state index < -0.39 is 5.97 Å². The number of rotatable bonds is 9. The molecule has 0 radical (unpaired) electrons. The minimum absolute atomic E-state index is 0.00393. The summed E-state index contributed by atoms with van der Waals surface area (Å²) in [5.41, 5.74) is 2.41. The lowest BCUT2D eigenvalue weighted by atomic mass is 10.1. The lowest BCUT2D eigenvalue weighted by Crippen LogP contribution is -2.15. The van der Waals surface area contributed by atoms with E-state index in [1.54, 1.807) is 30.3 Å². The van der Waals surface area contributed by atoms with E-state index >= 15 is 0 Å². The predicted octanol–water partition coefficient (Wildman–Crippen LogP) is 4.83. The molecule has 2 aromatic rings. The SMILES string of the molecule is CCOc1ccc(NC(=O)CS/C(=C/C(C)=C/c2ccccc2)C(=O)O)cc1. The Bertz CT molecular complexity index is 858. The van der Waals surface area contributed by atoms with Crippen LogP contribution in [0.1, 0.15) is 19.4 Å². The van der Waals surface area contributed by atoms with Crippen molar-refractivity contribution in [2.45, 2.75) is 13.8 Å². The van der Waals surface area contributed by atoms with Gasteiger partial charge in [-0.2, -0.15) is 0 Å². The van der Waals surface area contributed by atoms with Crippen LogP contribution in [0.25, 0.3) is 6.08 Å². The van der Waals surface area contributed by atoms with Crippen molar-refractivity contribution in [3.63, 3.8) is 0 Å². The number of hydrogen-bond acceptors (Lipinski definition) is 4. The summed E-state index contributed by atoms with van der Waals surface area (Å²) in [7, 11) is 0. The molecular formula is C22H23NO4S. The smallest absolute Gasteiger partial charge is 0.342 e. The molecule has 6 heteroatoms. The zero-order valence-corrected chi connectivity index (χ0v) is 16.7. The lowest BCUT2D eigenvalue weighted by molar-refractivity contribution is -0.131. The summed E-state index contributed by atoms with van der Waals surface area (Å²) < 4.78 is 5.36. The molecule has 0 atom stereocenters. The molecule has 2 N–H and O–H groups in total. The Morgan fingerprint density at radius 1 is 1.11 bits per heavy atom. The summed E-state index contributed by atoms with van der Waals surface area (Å²) >= 11 is 0.991. The van der Waals surface area contributed by atoms with Crippen LogP contribution in [-0.2, 0) is 9.59 Å². The van der Waals surface area contributed by atoms with Gasteiger partial charge in [-0.15, -0.1) is 11.8 Å². The normalized spacial score (nSPS) is 11.8. The molecule has 146 valence electrons. The fourth-order valence-corrected chi connectivity index (χ4v) is 3.12. The highest BCUT2D eigenvalue weighted by Gasteiger charge is 2.11. The number of amides is 1. The monoisotopic (exact) mass is 397 g/mol. The van der Waals surface area contributed by atoms with Gasteiger partial charge < -0.3 is 15.2 Å². The first-order valence-corrected chi connectivity index (χ1v) is 9.80. The van der Waals surface area contributed by atoms with E-state index in [1.165, 1.54) is 0 Å². The average Bonchev–Trinajstić information content (AvgIpc) is 2.67. The van der Waals surface area contributed by atoms with E-state index in [2.05, 4.69) is 5.32 Å². The second kappa shape index (κ2) is 11.0. The van der Waals surface area contributed by atoms with Crippen molar-refractivity contribution in [3.05, 3.63) is 76.7 Å². The second-order valence-electron chi connectivity index (χ2n) is 5.91. The number of ether oxygens (including phenoxy) is 1. The molecule has 0 saturated heterocycles. The molecule has 0 unspecified atom stereocenters. The summed E-state index contributed by atoms with van der Waals surface area (Å²) in [6.45, 7) is 4.30. The minimum atomic E-state index is -1.06. The van der Waals surface area contributed by atoms with Gasteiger partial charge in [0.15, 0.2) is 0 Å². The molecule has 0 aliphatic rings. The Morgan fingerprint density at radius 3 is 2.39 bits per heavy atom. The summed E-state index contributed by atoms with van der Waals surface area (Å²) in [6.07, 6.45) is 3.47. The lowest BCUT2D eigenvalue weighted by Gasteiger charge is -2.07. The molecule has 2 aromatic carbocycles. The number of carbonyl (C=O) groups is 2. The van der Waals surface area contributed by atoms with E-state index in [0.717, 1.165) is 28.6 Å². The van der Waals surface area contributed by atoms with Gasteiger partial charge in [0.05, 0.1) is 17.3 Å². The highest BCUT2D eigenvalue weighted by Crippen LogP contribution is 2.21. The molecule has 0 aliphatic heterocycles. The van der Waals surface area contributed by atoms with Crippen LogP contribution in [-0.4, -0.2) is 29.3 Å². The summed E-state index contributed by atoms with van der Waals surface area (Å²) in [5, 5.41) is 12.2. The molecule has 0 spiro atoms. The van der Waals surface area contributed by atoms with Gasteiger partial charge in [0, 0.05) is 5.69 Å². The molecule has 28 heavy (non-hydrogen) atoms. The average molecular weight is 397 g/mol. The van der Waals surface area contributed by atoms with Crippen molar-refractivity contribution in [3.8, 4) is 5.75 Å². The number of carbonyl (C=O) groups excluding carboxylic acids is 1. The molecule has 1 amide bonds. The summed E-state index contributed by atoms with van der Waals surface area (Å²) in [5.74, 6) is -0.596. The van der Waals surface area contributed by atoms with Crippen LogP contribution in [0.5, 0.6) is 5.75 Å². The van der Waals surface area contributed by atoms with E-state index in [4.69, 9.17) is 4.74 Å². The van der Waals surface area contributed by atoms with Gasteiger partial charge in [-0.3, -0.25) is 4.79 Å². The minimum Gasteiger partial charge on any atom is -0.494 e. The number of anilines is 1. The van der Waals surface area contributed by atoms with Crippen LogP contribution in [0.2, 0.25) is 0 Å². The number of nitrogens with one attached hydrogen (secondary N) is 1. The van der Waals surface area contributed by atoms with Crippen LogP contribution in [0.4, 0.5) is 5.69 Å². The van der Waals surface area contributed by atoms with Gasteiger partial charge in [-0.25, -0.2) is 4.79 Å². The van der Waals surface area contributed by atoms with Gasteiger partial charge >= 0.3 is 5.97 Å². The third-order valence-electron chi connectivity index (χ3n) is 3.57. The van der Waals surface area contributed by atoms with Crippen LogP contribution >= 0.6 is 11.8 Å². The van der Waals surface area contributed by atoms with Gasteiger partial charge in [-0.05, 0) is 55.3 Å². The van der Waals surface area contributed by atoms with Gasteiger partial charge in [0.1, 0.15) is 5.75 Å². The highest BCUT2D eigenvalue weighted by molar-refractivity contribution is 8.04. The van der Waals surface area contributed by atoms with Gasteiger partial charge in [-0.1, -0.05) is 36.4 Å². The molecule has 5 nitrogen and oxygen atoms in total. The molecule has 0 aliphatic carbocycles. The first-order valence-electron chi connectivity index (χ1n) is 8.81. The van der Waals surface area contributed by atoms with Gasteiger partial charge in [0.25, 0.3) is 0 Å². The molecule has 0 heterocycles. The Labute approximate surface area is 169 Å². The van der Waals surface area contributed by atoms with Crippen molar-refractivity contribution in [1.29, 1.82) is 0 Å². The summed E-state index contributed by atoms with van der Waals surface area (Å²) in [4.78, 5) is 23.7. The van der Waals surface area contributed by atoms with Crippen molar-refractivity contribution in [1.82, 2.24) is 0 Å². The zero-order valence-electron chi connectivity index (χ0n) is 15.8. The number of hydrogen-bond donors (Lipinski definition) is 2. The number of thioether (sulfide) groups is 1. The van der Waals surface area contributed by atoms with E-state index in [9.17, 15) is 14.7 Å². The zero-order chi connectivity index (χ0) is 20.4. The number of allylic oxidation sites excluding steroid dienone is 2. The molecular weight excluding hydrogens is 374 g/mol. The maximum Gasteiger partial charge on any atom is 0.342 e. The maximum absolute atomic E-state index is 12.1. The van der Waals surface area contributed by atoms with Crippen LogP contribution < -0.4 is 10.1 Å². The van der Waals surface area contributed by atoms with Crippen molar-refractivity contribution in [2.75, 3.05) is 17.7 Å². The predicted molar refractivity (Wildman–Crippen MR) is 115 cm³/mol. The van der Waals surface area contributed by atoms with Crippen LogP contribution in [0.3, 0.4) is 0 Å². The number of benzene rings is 2. The third kappa shape index (κ3) is 7.32. The van der Waals surface area contributed by atoms with Crippen LogP contribution in [0.15, 0.2) is 71.2 Å². The molecule has 0 fully saturated rings. The molecule has 0 bridgehead atoms. The number of aliphatic carboxylic acids is 1. The van der Waals surface area contributed by atoms with Crippen LogP contribution in [0, 0.1) is 0 Å².